The number of rotatable bonds is 2. The van der Waals surface area contributed by atoms with E-state index in [4.69, 9.17) is 9.47 Å². The van der Waals surface area contributed by atoms with Crippen LogP contribution < -0.4 is 0 Å². The van der Waals surface area contributed by atoms with E-state index in [1.54, 1.807) is 6.07 Å². The second-order valence-corrected chi connectivity index (χ2v) is 17.4. The summed E-state index contributed by atoms with van der Waals surface area (Å²) in [5.41, 5.74) is 8.03. The maximum Gasteiger partial charge on any atom is 0.339 e. The van der Waals surface area contributed by atoms with Crippen LogP contribution in [0.4, 0.5) is 0 Å². The first-order valence-electron chi connectivity index (χ1n) is 8.29. The van der Waals surface area contributed by atoms with Crippen LogP contribution >= 0.6 is 0 Å². The Bertz CT molecular complexity index is 768. The number of hydrogen-bond acceptors (Lipinski definition) is 4. The van der Waals surface area contributed by atoms with Gasteiger partial charge in [0.2, 0.25) is 0 Å². The van der Waals surface area contributed by atoms with E-state index < -0.39 is 28.1 Å². The molecule has 1 aromatic rings. The fourth-order valence-electron chi connectivity index (χ4n) is 1.87. The third kappa shape index (κ3) is 6.55. The Morgan fingerprint density at radius 3 is 1.35 bits per heavy atom. The Kier molecular flexibility index (Phi) is 7.03. The van der Waals surface area contributed by atoms with Crippen LogP contribution in [-0.2, 0) is 9.47 Å². The van der Waals surface area contributed by atoms with Crippen molar-refractivity contribution < 1.29 is 19.1 Å². The molecule has 0 radical (unpaired) electrons. The fraction of sp³-hybridized carbons (Fsp3) is 0.400. The zero-order valence-electron chi connectivity index (χ0n) is 16.8. The maximum atomic E-state index is 12.2. The van der Waals surface area contributed by atoms with Crippen LogP contribution in [0.15, 0.2) is 12.1 Å². The Hall–Kier alpha value is -2.29. The number of benzene rings is 1. The lowest BCUT2D eigenvalue weighted by Gasteiger charge is -2.10. The topological polar surface area (TPSA) is 52.6 Å². The highest BCUT2D eigenvalue weighted by Gasteiger charge is 2.20. The molecule has 0 heterocycles. The van der Waals surface area contributed by atoms with E-state index in [2.05, 4.69) is 62.2 Å². The van der Waals surface area contributed by atoms with Gasteiger partial charge in [0.1, 0.15) is 16.1 Å². The highest BCUT2D eigenvalue weighted by Crippen LogP contribution is 2.19. The second kappa shape index (κ2) is 8.40. The SMILES string of the molecule is COC(=O)c1cc(C(=O)OC)c(C#C[Si](C)(C)C)cc1C#C[Si](C)(C)C. The van der Waals surface area contributed by atoms with Gasteiger partial charge in [-0.05, 0) is 12.1 Å². The molecule has 4 nitrogen and oxygen atoms in total. The number of esters is 2. The maximum absolute atomic E-state index is 12.2. The standard InChI is InChI=1S/C20H26O4Si2/c1-23-19(21)17-14-18(20(22)24-2)16(10-12-26(6,7)8)13-15(17)9-11-25(3,4)5/h13-14H,1-8H3. The molecular formula is C20H26O4Si2. The molecule has 0 N–H and O–H groups in total. The summed E-state index contributed by atoms with van der Waals surface area (Å²) in [5, 5.41) is 0. The molecule has 0 bridgehead atoms. The number of carbonyl (C=O) groups is 2. The molecule has 1 aromatic carbocycles. The molecule has 26 heavy (non-hydrogen) atoms. The molecule has 0 saturated carbocycles. The van der Waals surface area contributed by atoms with Gasteiger partial charge in [-0.25, -0.2) is 9.59 Å². The van der Waals surface area contributed by atoms with Crippen molar-refractivity contribution in [3.63, 3.8) is 0 Å². The van der Waals surface area contributed by atoms with E-state index in [1.807, 2.05) is 0 Å². The van der Waals surface area contributed by atoms with Crippen molar-refractivity contribution in [2.75, 3.05) is 14.2 Å². The summed E-state index contributed by atoms with van der Waals surface area (Å²) in [5.74, 6) is 5.10. The minimum atomic E-state index is -1.65. The van der Waals surface area contributed by atoms with Crippen molar-refractivity contribution in [1.29, 1.82) is 0 Å². The summed E-state index contributed by atoms with van der Waals surface area (Å²) in [6.45, 7) is 12.7. The summed E-state index contributed by atoms with van der Waals surface area (Å²) in [4.78, 5) is 24.4. The van der Waals surface area contributed by atoms with E-state index in [0.29, 0.717) is 11.1 Å². The van der Waals surface area contributed by atoms with E-state index in [-0.39, 0.29) is 11.1 Å². The van der Waals surface area contributed by atoms with E-state index in [9.17, 15) is 9.59 Å². The first-order chi connectivity index (χ1) is 11.9. The number of hydrogen-bond donors (Lipinski definition) is 0. The van der Waals surface area contributed by atoms with Crippen molar-refractivity contribution in [3.05, 3.63) is 34.4 Å². The summed E-state index contributed by atoms with van der Waals surface area (Å²) < 4.78 is 9.71. The molecule has 0 aromatic heterocycles. The lowest BCUT2D eigenvalue weighted by molar-refractivity contribution is 0.0599. The van der Waals surface area contributed by atoms with Crippen molar-refractivity contribution >= 4 is 28.1 Å². The number of carbonyl (C=O) groups excluding carboxylic acids is 2. The van der Waals surface area contributed by atoms with Gasteiger partial charge in [-0.15, -0.1) is 11.1 Å². The molecule has 0 aliphatic heterocycles. The largest absolute Gasteiger partial charge is 0.465 e. The highest BCUT2D eigenvalue weighted by atomic mass is 28.3. The minimum absolute atomic E-state index is 0.247. The molecular weight excluding hydrogens is 360 g/mol. The van der Waals surface area contributed by atoms with Crippen molar-refractivity contribution in [3.8, 4) is 22.9 Å². The third-order valence-electron chi connectivity index (χ3n) is 3.11. The summed E-state index contributed by atoms with van der Waals surface area (Å²) in [6, 6.07) is 3.17. The molecule has 0 fully saturated rings. The Morgan fingerprint density at radius 1 is 0.731 bits per heavy atom. The van der Waals surface area contributed by atoms with Gasteiger partial charge >= 0.3 is 11.9 Å². The molecule has 0 amide bonds. The van der Waals surface area contributed by atoms with Crippen LogP contribution in [0.25, 0.3) is 0 Å². The highest BCUT2D eigenvalue weighted by molar-refractivity contribution is 6.84. The van der Waals surface area contributed by atoms with Gasteiger partial charge in [0.15, 0.2) is 0 Å². The van der Waals surface area contributed by atoms with Crippen LogP contribution in [0, 0.1) is 22.9 Å². The van der Waals surface area contributed by atoms with Crippen molar-refractivity contribution in [2.24, 2.45) is 0 Å². The second-order valence-electron chi connectivity index (χ2n) is 7.93. The summed E-state index contributed by atoms with van der Waals surface area (Å²) in [7, 11) is -0.699. The number of ether oxygens (including phenoxy) is 2. The molecule has 0 atom stereocenters. The Labute approximate surface area is 158 Å². The molecule has 1 rings (SSSR count). The van der Waals surface area contributed by atoms with Crippen LogP contribution in [0.3, 0.4) is 0 Å². The lowest BCUT2D eigenvalue weighted by Crippen LogP contribution is -2.17. The first-order valence-corrected chi connectivity index (χ1v) is 15.3. The zero-order chi connectivity index (χ0) is 20.1. The normalized spacial score (nSPS) is 10.8. The van der Waals surface area contributed by atoms with Crippen molar-refractivity contribution in [1.82, 2.24) is 0 Å². The van der Waals surface area contributed by atoms with Crippen LogP contribution in [0.1, 0.15) is 31.8 Å². The lowest BCUT2D eigenvalue weighted by atomic mass is 9.99. The monoisotopic (exact) mass is 386 g/mol. The first kappa shape index (κ1) is 21.8. The van der Waals surface area contributed by atoms with Crippen LogP contribution in [0.2, 0.25) is 39.3 Å². The predicted octanol–water partition coefficient (Wildman–Crippen LogP) is 3.72. The smallest absolute Gasteiger partial charge is 0.339 e. The van der Waals surface area contributed by atoms with E-state index >= 15 is 0 Å². The van der Waals surface area contributed by atoms with Gasteiger partial charge in [-0.1, -0.05) is 51.1 Å². The van der Waals surface area contributed by atoms with Gasteiger partial charge in [0.25, 0.3) is 0 Å². The average Bonchev–Trinajstić information content (AvgIpc) is 2.54. The van der Waals surface area contributed by atoms with E-state index in [1.165, 1.54) is 20.3 Å². The quantitative estimate of drug-likeness (QED) is 0.442. The number of methoxy groups -OCH3 is 2. The molecule has 0 saturated heterocycles. The molecule has 6 heteroatoms. The van der Waals surface area contributed by atoms with E-state index in [0.717, 1.165) is 0 Å². The average molecular weight is 387 g/mol. The van der Waals surface area contributed by atoms with Gasteiger partial charge in [0, 0.05) is 11.1 Å². The fourth-order valence-corrected chi connectivity index (χ4v) is 2.89. The Balaban J connectivity index is 3.76. The zero-order valence-corrected chi connectivity index (χ0v) is 18.8. The molecule has 0 aliphatic carbocycles. The Morgan fingerprint density at radius 2 is 1.08 bits per heavy atom. The third-order valence-corrected chi connectivity index (χ3v) is 4.86. The molecule has 0 aliphatic rings. The van der Waals surface area contributed by atoms with Gasteiger partial charge in [-0.3, -0.25) is 0 Å². The molecule has 138 valence electrons. The van der Waals surface area contributed by atoms with Crippen LogP contribution in [0.5, 0.6) is 0 Å². The predicted molar refractivity (Wildman–Crippen MR) is 110 cm³/mol. The van der Waals surface area contributed by atoms with Gasteiger partial charge in [0.05, 0.1) is 25.3 Å². The minimum Gasteiger partial charge on any atom is -0.465 e. The van der Waals surface area contributed by atoms with Gasteiger partial charge in [-0.2, -0.15) is 0 Å². The van der Waals surface area contributed by atoms with Gasteiger partial charge < -0.3 is 9.47 Å². The summed E-state index contributed by atoms with van der Waals surface area (Å²) >= 11 is 0. The molecule has 0 unspecified atom stereocenters. The van der Waals surface area contributed by atoms with Crippen LogP contribution in [-0.4, -0.2) is 42.3 Å². The molecule has 0 spiro atoms. The van der Waals surface area contributed by atoms with Crippen molar-refractivity contribution in [2.45, 2.75) is 39.3 Å². The summed E-state index contributed by atoms with van der Waals surface area (Å²) in [6.07, 6.45) is 0.